The van der Waals surface area contributed by atoms with E-state index in [1.807, 2.05) is 0 Å². The number of carboxylic acids is 1. The predicted molar refractivity (Wildman–Crippen MR) is 49.7 cm³/mol. The molecule has 0 saturated heterocycles. The molecule has 0 aliphatic rings. The highest BCUT2D eigenvalue weighted by atomic mass is 19.4. The van der Waals surface area contributed by atoms with Crippen molar-refractivity contribution >= 4 is 5.97 Å². The quantitative estimate of drug-likeness (QED) is 0.822. The van der Waals surface area contributed by atoms with E-state index in [2.05, 4.69) is 16.5 Å². The Bertz CT molecular complexity index is 446. The minimum absolute atomic E-state index is 0.158. The first kappa shape index (κ1) is 12.9. The summed E-state index contributed by atoms with van der Waals surface area (Å²) in [6.07, 6.45) is -2.96. The number of hydrogen-bond donors (Lipinski definition) is 1. The number of alkyl halides is 3. The Labute approximate surface area is 93.6 Å². The van der Waals surface area contributed by atoms with Crippen molar-refractivity contribution in [3.8, 4) is 5.88 Å². The van der Waals surface area contributed by atoms with Crippen LogP contribution in [0.3, 0.4) is 0 Å². The van der Waals surface area contributed by atoms with Gasteiger partial charge in [0.2, 0.25) is 11.7 Å². The monoisotopic (exact) mass is 248 g/mol. The first-order chi connectivity index (χ1) is 7.86. The maximum absolute atomic E-state index is 12.3. The van der Waals surface area contributed by atoms with E-state index in [-0.39, 0.29) is 6.61 Å². The van der Waals surface area contributed by atoms with E-state index in [9.17, 15) is 18.0 Å². The highest BCUT2D eigenvalue weighted by molar-refractivity contribution is 5.89. The molecule has 5 nitrogen and oxygen atoms in total. The molecule has 1 aromatic heterocycles. The number of aromatic carboxylic acids is 1. The minimum Gasteiger partial charge on any atom is -0.477 e. The predicted octanol–water partition coefficient (Wildman–Crippen LogP) is 1.76. The lowest BCUT2D eigenvalue weighted by Gasteiger charge is -2.09. The zero-order chi connectivity index (χ0) is 13.1. The van der Waals surface area contributed by atoms with Crippen LogP contribution in [-0.2, 0) is 6.18 Å². The third kappa shape index (κ3) is 3.16. The number of aromatic nitrogens is 2. The second-order valence-corrected chi connectivity index (χ2v) is 2.82. The van der Waals surface area contributed by atoms with E-state index >= 15 is 0 Å². The van der Waals surface area contributed by atoms with Crippen LogP contribution in [0.25, 0.3) is 0 Å². The van der Waals surface area contributed by atoms with E-state index in [1.54, 1.807) is 0 Å². The maximum Gasteiger partial charge on any atom is 0.451 e. The summed E-state index contributed by atoms with van der Waals surface area (Å²) in [6, 6.07) is 0. The second kappa shape index (κ2) is 4.81. The molecule has 0 saturated carbocycles. The lowest BCUT2D eigenvalue weighted by molar-refractivity contribution is -0.145. The molecule has 0 fully saturated rings. The van der Waals surface area contributed by atoms with Gasteiger partial charge in [0.15, 0.2) is 0 Å². The zero-order valence-electron chi connectivity index (χ0n) is 8.36. The van der Waals surface area contributed by atoms with Gasteiger partial charge in [0, 0.05) is 6.20 Å². The molecular weight excluding hydrogens is 241 g/mol. The van der Waals surface area contributed by atoms with Gasteiger partial charge in [-0.25, -0.2) is 9.78 Å². The summed E-state index contributed by atoms with van der Waals surface area (Å²) in [6.45, 7) is 3.13. The van der Waals surface area contributed by atoms with Gasteiger partial charge in [0.1, 0.15) is 12.2 Å². The van der Waals surface area contributed by atoms with E-state index in [0.717, 1.165) is 0 Å². The van der Waals surface area contributed by atoms with Crippen molar-refractivity contribution in [2.45, 2.75) is 6.18 Å². The molecule has 0 aliphatic heterocycles. The third-order valence-electron chi connectivity index (χ3n) is 1.58. The number of nitrogens with zero attached hydrogens (tertiary/aromatic N) is 2. The van der Waals surface area contributed by atoms with Gasteiger partial charge in [-0.05, 0) is 0 Å². The van der Waals surface area contributed by atoms with Crippen LogP contribution in [0.1, 0.15) is 16.2 Å². The molecule has 0 aromatic carbocycles. The first-order valence-corrected chi connectivity index (χ1v) is 4.27. The topological polar surface area (TPSA) is 72.3 Å². The van der Waals surface area contributed by atoms with Crippen molar-refractivity contribution in [1.29, 1.82) is 0 Å². The molecule has 0 bridgehead atoms. The number of rotatable bonds is 4. The van der Waals surface area contributed by atoms with E-state index in [1.165, 1.54) is 6.08 Å². The van der Waals surface area contributed by atoms with Crippen LogP contribution < -0.4 is 4.74 Å². The molecule has 0 unspecified atom stereocenters. The molecule has 0 spiro atoms. The summed E-state index contributed by atoms with van der Waals surface area (Å²) in [4.78, 5) is 16.6. The summed E-state index contributed by atoms with van der Waals surface area (Å²) in [5, 5.41) is 8.69. The number of carbonyl (C=O) groups is 1. The van der Waals surface area contributed by atoms with Gasteiger partial charge in [-0.1, -0.05) is 12.7 Å². The van der Waals surface area contributed by atoms with Gasteiger partial charge in [0.05, 0.1) is 0 Å². The van der Waals surface area contributed by atoms with Crippen molar-refractivity contribution in [3.05, 3.63) is 30.2 Å². The van der Waals surface area contributed by atoms with Crippen LogP contribution in [0, 0.1) is 0 Å². The molecule has 1 N–H and O–H groups in total. The Morgan fingerprint density at radius 1 is 1.59 bits per heavy atom. The number of hydrogen-bond acceptors (Lipinski definition) is 4. The van der Waals surface area contributed by atoms with Crippen molar-refractivity contribution in [1.82, 2.24) is 9.97 Å². The minimum atomic E-state index is -4.76. The first-order valence-electron chi connectivity index (χ1n) is 4.27. The Kier molecular flexibility index (Phi) is 3.66. The van der Waals surface area contributed by atoms with Gasteiger partial charge in [0.25, 0.3) is 0 Å². The largest absolute Gasteiger partial charge is 0.477 e. The average Bonchev–Trinajstić information content (AvgIpc) is 2.24. The molecule has 17 heavy (non-hydrogen) atoms. The molecule has 92 valence electrons. The van der Waals surface area contributed by atoms with Gasteiger partial charge < -0.3 is 9.84 Å². The van der Waals surface area contributed by atoms with Crippen molar-refractivity contribution in [2.24, 2.45) is 0 Å². The summed E-state index contributed by atoms with van der Waals surface area (Å²) in [5.74, 6) is -3.57. The van der Waals surface area contributed by atoms with Gasteiger partial charge in [-0.3, -0.25) is 0 Å². The van der Waals surface area contributed by atoms with Gasteiger partial charge in [-0.15, -0.1) is 0 Å². The number of ether oxygens (including phenoxy) is 1. The normalized spacial score (nSPS) is 11.0. The van der Waals surface area contributed by atoms with Crippen LogP contribution in [0.15, 0.2) is 18.9 Å². The summed E-state index contributed by atoms with van der Waals surface area (Å²) in [5.41, 5.74) is -0.542. The summed E-state index contributed by atoms with van der Waals surface area (Å²) in [7, 11) is 0. The number of halogens is 3. The molecular formula is C9H7F3N2O3. The lowest BCUT2D eigenvalue weighted by atomic mass is 10.3. The highest BCUT2D eigenvalue weighted by Crippen LogP contribution is 2.28. The standard InChI is InChI=1S/C9H7F3N2O3/c1-2-3-17-6-5(7(15)16)4-13-8(14-6)9(10,11)12/h2,4H,1,3H2,(H,15,16). The summed E-state index contributed by atoms with van der Waals surface area (Å²) >= 11 is 0. The maximum atomic E-state index is 12.3. The molecule has 1 rings (SSSR count). The van der Waals surface area contributed by atoms with E-state index in [4.69, 9.17) is 9.84 Å². The van der Waals surface area contributed by atoms with Crippen LogP contribution in [0.2, 0.25) is 0 Å². The molecule has 0 aliphatic carbocycles. The fourth-order valence-corrected chi connectivity index (χ4v) is 0.897. The molecule has 0 radical (unpaired) electrons. The third-order valence-corrected chi connectivity index (χ3v) is 1.58. The summed E-state index contributed by atoms with van der Waals surface area (Å²) < 4.78 is 41.6. The van der Waals surface area contributed by atoms with Gasteiger partial charge in [-0.2, -0.15) is 18.2 Å². The Balaban J connectivity index is 3.19. The molecule has 0 amide bonds. The average molecular weight is 248 g/mol. The number of carboxylic acid groups (broad SMARTS) is 1. The lowest BCUT2D eigenvalue weighted by Crippen LogP contribution is -2.15. The van der Waals surface area contributed by atoms with E-state index in [0.29, 0.717) is 6.20 Å². The van der Waals surface area contributed by atoms with Crippen molar-refractivity contribution < 1.29 is 27.8 Å². The van der Waals surface area contributed by atoms with Crippen LogP contribution in [-0.4, -0.2) is 27.7 Å². The fourth-order valence-electron chi connectivity index (χ4n) is 0.897. The van der Waals surface area contributed by atoms with Crippen LogP contribution in [0.4, 0.5) is 13.2 Å². The highest BCUT2D eigenvalue weighted by Gasteiger charge is 2.36. The SMILES string of the molecule is C=CCOc1nc(C(F)(F)F)ncc1C(=O)O. The van der Waals surface area contributed by atoms with Crippen LogP contribution >= 0.6 is 0 Å². The Morgan fingerprint density at radius 2 is 2.24 bits per heavy atom. The zero-order valence-corrected chi connectivity index (χ0v) is 8.36. The Hall–Kier alpha value is -2.12. The van der Waals surface area contributed by atoms with Crippen LogP contribution in [0.5, 0.6) is 5.88 Å². The molecule has 0 atom stereocenters. The molecule has 8 heteroatoms. The van der Waals surface area contributed by atoms with Gasteiger partial charge >= 0.3 is 12.1 Å². The van der Waals surface area contributed by atoms with E-state index < -0.39 is 29.4 Å². The smallest absolute Gasteiger partial charge is 0.451 e. The van der Waals surface area contributed by atoms with Crippen molar-refractivity contribution in [3.63, 3.8) is 0 Å². The molecule has 1 aromatic rings. The fraction of sp³-hybridized carbons (Fsp3) is 0.222. The Morgan fingerprint density at radius 3 is 2.71 bits per heavy atom. The van der Waals surface area contributed by atoms with Crippen molar-refractivity contribution in [2.75, 3.05) is 6.61 Å². The second-order valence-electron chi connectivity index (χ2n) is 2.82. The molecule has 1 heterocycles.